The van der Waals surface area contributed by atoms with E-state index >= 15 is 0 Å². The second kappa shape index (κ2) is 11.1. The van der Waals surface area contributed by atoms with Crippen LogP contribution in [-0.4, -0.2) is 35.2 Å². The van der Waals surface area contributed by atoms with Crippen molar-refractivity contribution in [2.24, 2.45) is 0 Å². The first-order valence-electron chi connectivity index (χ1n) is 6.76. The highest BCUT2D eigenvalue weighted by molar-refractivity contribution is 6.80. The quantitative estimate of drug-likeness (QED) is 0.144. The molecule has 0 bridgehead atoms. The van der Waals surface area contributed by atoms with E-state index in [1.54, 1.807) is 7.11 Å². The summed E-state index contributed by atoms with van der Waals surface area (Å²) in [5, 5.41) is 0. The van der Waals surface area contributed by atoms with Gasteiger partial charge in [0.25, 0.3) is 0 Å². The van der Waals surface area contributed by atoms with Gasteiger partial charge in [-0.15, -0.1) is 6.58 Å². The van der Waals surface area contributed by atoms with Gasteiger partial charge in [-0.05, 0) is 12.8 Å². The molecule has 0 aliphatic rings. The van der Waals surface area contributed by atoms with E-state index in [2.05, 4.69) is 37.7 Å². The standard InChI is InChI=1S/C15H28O3Si/c1-6-7-8-9-15(10-13-19(3,4)5)18-14-17-12-11-16-2/h6,13H,1,7-9,11-12,14H2,2-5H3. The van der Waals surface area contributed by atoms with Crippen LogP contribution >= 0.6 is 0 Å². The summed E-state index contributed by atoms with van der Waals surface area (Å²) in [6, 6.07) is 0. The van der Waals surface area contributed by atoms with Crippen LogP contribution in [0.25, 0.3) is 0 Å². The SMILES string of the molecule is C=CCCCC(=C=C[Si](C)(C)C)OCOCCOC. The van der Waals surface area contributed by atoms with Gasteiger partial charge in [0.2, 0.25) is 0 Å². The molecule has 0 N–H and O–H groups in total. The van der Waals surface area contributed by atoms with Crippen molar-refractivity contribution in [3.8, 4) is 0 Å². The Morgan fingerprint density at radius 3 is 2.58 bits per heavy atom. The van der Waals surface area contributed by atoms with Gasteiger partial charge < -0.3 is 14.2 Å². The maximum Gasteiger partial charge on any atom is 0.189 e. The summed E-state index contributed by atoms with van der Waals surface area (Å²) < 4.78 is 15.8. The summed E-state index contributed by atoms with van der Waals surface area (Å²) >= 11 is 0. The molecule has 19 heavy (non-hydrogen) atoms. The van der Waals surface area contributed by atoms with Gasteiger partial charge in [-0.2, -0.15) is 0 Å². The summed E-state index contributed by atoms with van der Waals surface area (Å²) in [5.41, 5.74) is 5.47. The largest absolute Gasteiger partial charge is 0.464 e. The molecule has 0 aromatic heterocycles. The van der Waals surface area contributed by atoms with Crippen LogP contribution < -0.4 is 0 Å². The predicted molar refractivity (Wildman–Crippen MR) is 82.8 cm³/mol. The minimum atomic E-state index is -1.25. The lowest BCUT2D eigenvalue weighted by atomic mass is 10.2. The van der Waals surface area contributed by atoms with Crippen molar-refractivity contribution in [3.63, 3.8) is 0 Å². The van der Waals surface area contributed by atoms with Crippen molar-refractivity contribution in [3.05, 3.63) is 29.8 Å². The molecule has 0 aromatic carbocycles. The topological polar surface area (TPSA) is 27.7 Å². The average molecular weight is 284 g/mol. The molecule has 4 heteroatoms. The fourth-order valence-corrected chi connectivity index (χ4v) is 1.80. The van der Waals surface area contributed by atoms with Gasteiger partial charge >= 0.3 is 0 Å². The Labute approximate surface area is 119 Å². The van der Waals surface area contributed by atoms with Crippen molar-refractivity contribution in [1.29, 1.82) is 0 Å². The van der Waals surface area contributed by atoms with Gasteiger partial charge in [-0.3, -0.25) is 0 Å². The number of ether oxygens (including phenoxy) is 3. The Morgan fingerprint density at radius 2 is 2.00 bits per heavy atom. The Balaban J connectivity index is 4.26. The molecule has 0 aliphatic carbocycles. The third-order valence-corrected chi connectivity index (χ3v) is 3.24. The Morgan fingerprint density at radius 1 is 1.26 bits per heavy atom. The van der Waals surface area contributed by atoms with Crippen molar-refractivity contribution < 1.29 is 14.2 Å². The molecule has 3 nitrogen and oxygen atoms in total. The minimum Gasteiger partial charge on any atom is -0.464 e. The number of rotatable bonds is 11. The van der Waals surface area contributed by atoms with E-state index in [1.165, 1.54) is 0 Å². The zero-order chi connectivity index (χ0) is 14.6. The Kier molecular flexibility index (Phi) is 10.6. The molecule has 0 aromatic rings. The summed E-state index contributed by atoms with van der Waals surface area (Å²) in [7, 11) is 0.409. The van der Waals surface area contributed by atoms with Crippen molar-refractivity contribution >= 4 is 8.07 Å². The maximum atomic E-state index is 5.62. The van der Waals surface area contributed by atoms with E-state index < -0.39 is 8.07 Å². The minimum absolute atomic E-state index is 0.263. The zero-order valence-corrected chi connectivity index (χ0v) is 13.8. The van der Waals surface area contributed by atoms with Crippen LogP contribution in [-0.2, 0) is 14.2 Å². The second-order valence-corrected chi connectivity index (χ2v) is 10.4. The van der Waals surface area contributed by atoms with Gasteiger partial charge in [0.15, 0.2) is 6.79 Å². The number of hydrogen-bond acceptors (Lipinski definition) is 3. The first kappa shape index (κ1) is 18.2. The summed E-state index contributed by atoms with van der Waals surface area (Å²) in [4.78, 5) is 0. The first-order valence-corrected chi connectivity index (χ1v) is 10.3. The summed E-state index contributed by atoms with van der Waals surface area (Å²) in [6.45, 7) is 12.0. The number of unbranched alkanes of at least 4 members (excludes halogenated alkanes) is 1. The van der Waals surface area contributed by atoms with E-state index in [0.29, 0.717) is 13.2 Å². The molecule has 0 fully saturated rings. The third-order valence-electron chi connectivity index (χ3n) is 2.23. The van der Waals surface area contributed by atoms with Gasteiger partial charge in [0, 0.05) is 13.5 Å². The van der Waals surface area contributed by atoms with Crippen molar-refractivity contribution in [1.82, 2.24) is 0 Å². The molecule has 0 saturated carbocycles. The van der Waals surface area contributed by atoms with Crippen LogP contribution in [0.15, 0.2) is 29.8 Å². The van der Waals surface area contributed by atoms with Crippen LogP contribution in [0.1, 0.15) is 19.3 Å². The molecule has 0 spiro atoms. The number of hydrogen-bond donors (Lipinski definition) is 0. The highest BCUT2D eigenvalue weighted by Gasteiger charge is 2.07. The predicted octanol–water partition coefficient (Wildman–Crippen LogP) is 3.90. The molecule has 0 rings (SSSR count). The van der Waals surface area contributed by atoms with Gasteiger partial charge in [0.05, 0.1) is 21.3 Å². The lowest BCUT2D eigenvalue weighted by Crippen LogP contribution is -2.15. The van der Waals surface area contributed by atoms with Gasteiger partial charge in [0.1, 0.15) is 5.76 Å². The van der Waals surface area contributed by atoms with Crippen LogP contribution in [0.3, 0.4) is 0 Å². The Bertz CT molecular complexity index is 299. The molecule has 0 atom stereocenters. The van der Waals surface area contributed by atoms with Crippen molar-refractivity contribution in [2.75, 3.05) is 27.1 Å². The fourth-order valence-electron chi connectivity index (χ4n) is 1.20. The monoisotopic (exact) mass is 284 g/mol. The highest BCUT2D eigenvalue weighted by Crippen LogP contribution is 2.10. The van der Waals surface area contributed by atoms with Gasteiger partial charge in [-0.25, -0.2) is 0 Å². The first-order chi connectivity index (χ1) is 8.99. The van der Waals surface area contributed by atoms with E-state index in [1.807, 2.05) is 6.08 Å². The van der Waals surface area contributed by atoms with E-state index in [4.69, 9.17) is 14.2 Å². The maximum absolute atomic E-state index is 5.62. The third kappa shape index (κ3) is 13.4. The fraction of sp³-hybridized carbons (Fsp3) is 0.667. The van der Waals surface area contributed by atoms with Crippen molar-refractivity contribution in [2.45, 2.75) is 38.9 Å². The summed E-state index contributed by atoms with van der Waals surface area (Å²) in [5.74, 6) is 0.877. The summed E-state index contributed by atoms with van der Waals surface area (Å²) in [6.07, 6.45) is 4.82. The zero-order valence-electron chi connectivity index (χ0n) is 12.8. The number of allylic oxidation sites excluding steroid dienone is 2. The molecule has 0 amide bonds. The van der Waals surface area contributed by atoms with Crippen LogP contribution in [0.5, 0.6) is 0 Å². The lowest BCUT2D eigenvalue weighted by molar-refractivity contribution is -0.0414. The Hall–Kier alpha value is -0.803. The number of methoxy groups -OCH3 is 1. The molecule has 0 radical (unpaired) electrons. The highest BCUT2D eigenvalue weighted by atomic mass is 28.3. The van der Waals surface area contributed by atoms with Crippen LogP contribution in [0.4, 0.5) is 0 Å². The average Bonchev–Trinajstić information content (AvgIpc) is 2.34. The molecule has 0 saturated heterocycles. The van der Waals surface area contributed by atoms with Gasteiger partial charge in [-0.1, -0.05) is 37.1 Å². The smallest absolute Gasteiger partial charge is 0.189 e. The van der Waals surface area contributed by atoms with Crippen LogP contribution in [0.2, 0.25) is 19.6 Å². The molecule has 110 valence electrons. The molecular weight excluding hydrogens is 256 g/mol. The molecular formula is C15H28O3Si. The lowest BCUT2D eigenvalue weighted by Gasteiger charge is -2.10. The molecule has 0 aliphatic heterocycles. The van der Waals surface area contributed by atoms with E-state index in [9.17, 15) is 0 Å². The van der Waals surface area contributed by atoms with Crippen LogP contribution in [0, 0.1) is 0 Å². The molecule has 0 unspecified atom stereocenters. The molecule has 0 heterocycles. The van der Waals surface area contributed by atoms with E-state index in [0.717, 1.165) is 25.0 Å². The van der Waals surface area contributed by atoms with E-state index in [-0.39, 0.29) is 6.79 Å². The second-order valence-electron chi connectivity index (χ2n) is 5.42. The normalized spacial score (nSPS) is 10.7.